The highest BCUT2D eigenvalue weighted by Gasteiger charge is 2.24. The highest BCUT2D eigenvalue weighted by atomic mass is 79.9. The van der Waals surface area contributed by atoms with Crippen LogP contribution >= 0.6 is 15.9 Å². The van der Waals surface area contributed by atoms with Crippen molar-refractivity contribution >= 4 is 31.9 Å². The number of carboxylic acid groups (broad SMARTS) is 1. The quantitative estimate of drug-likeness (QED) is 0.781. The first-order chi connectivity index (χ1) is 9.79. The minimum absolute atomic E-state index is 0.115. The van der Waals surface area contributed by atoms with E-state index >= 15 is 0 Å². The molecule has 0 atom stereocenters. The summed E-state index contributed by atoms with van der Waals surface area (Å²) in [6.07, 6.45) is 3.45. The molecule has 0 radical (unpaired) electrons. The van der Waals surface area contributed by atoms with Gasteiger partial charge in [0.05, 0.1) is 12.7 Å². The van der Waals surface area contributed by atoms with E-state index in [4.69, 9.17) is 9.52 Å². The number of furan rings is 1. The number of carbonyl (C=O) groups is 1. The van der Waals surface area contributed by atoms with Crippen molar-refractivity contribution in [3.63, 3.8) is 0 Å². The zero-order valence-corrected chi connectivity index (χ0v) is 13.3. The van der Waals surface area contributed by atoms with E-state index in [2.05, 4.69) is 25.8 Å². The van der Waals surface area contributed by atoms with Gasteiger partial charge in [-0.25, -0.2) is 17.9 Å². The van der Waals surface area contributed by atoms with E-state index in [0.717, 1.165) is 11.6 Å². The molecule has 0 saturated heterocycles. The number of sulfonamides is 1. The molecule has 0 spiro atoms. The van der Waals surface area contributed by atoms with Gasteiger partial charge in [-0.05, 0) is 28.4 Å². The largest absolute Gasteiger partial charge is 0.475 e. The molecule has 8 nitrogen and oxygen atoms in total. The minimum atomic E-state index is -3.86. The molecule has 2 N–H and O–H groups in total. The molecule has 2 rings (SSSR count). The Balaban J connectivity index is 2.06. The van der Waals surface area contributed by atoms with Gasteiger partial charge in [0.15, 0.2) is 4.67 Å². The molecule has 0 aromatic carbocycles. The molecule has 2 heterocycles. The fourth-order valence-corrected chi connectivity index (χ4v) is 3.56. The molecule has 2 aromatic heterocycles. The van der Waals surface area contributed by atoms with Gasteiger partial charge in [-0.15, -0.1) is 0 Å². The van der Waals surface area contributed by atoms with E-state index < -0.39 is 21.8 Å². The Kier molecular flexibility index (Phi) is 4.49. The molecule has 0 aliphatic heterocycles. The predicted octanol–water partition coefficient (Wildman–Crippen LogP) is 1.22. The second-order valence-corrected chi connectivity index (χ2v) is 6.69. The number of carboxylic acids is 1. The van der Waals surface area contributed by atoms with Crippen molar-refractivity contribution in [2.24, 2.45) is 0 Å². The van der Waals surface area contributed by atoms with E-state index in [9.17, 15) is 13.2 Å². The van der Waals surface area contributed by atoms with Gasteiger partial charge in [-0.1, -0.05) is 0 Å². The van der Waals surface area contributed by atoms with Crippen molar-refractivity contribution in [2.75, 3.05) is 6.54 Å². The Labute approximate surface area is 128 Å². The Morgan fingerprint density at radius 2 is 2.29 bits per heavy atom. The summed E-state index contributed by atoms with van der Waals surface area (Å²) in [4.78, 5) is 10.5. The molecule has 114 valence electrons. The molecule has 0 aliphatic carbocycles. The van der Waals surface area contributed by atoms with Crippen LogP contribution in [0.15, 0.2) is 32.4 Å². The highest BCUT2D eigenvalue weighted by molar-refractivity contribution is 9.10. The molecule has 2 aromatic rings. The molecule has 10 heteroatoms. The standard InChI is InChI=1S/C11H12BrN3O5S/c1-7-5-13-15(6-7)3-2-14-21(18,19)9-4-8(11(16)17)20-10(9)12/h4-6,14H,2-3H2,1H3,(H,16,17). The van der Waals surface area contributed by atoms with E-state index in [1.807, 2.05) is 6.92 Å². The molecule has 0 bridgehead atoms. The summed E-state index contributed by atoms with van der Waals surface area (Å²) >= 11 is 2.89. The van der Waals surface area contributed by atoms with Gasteiger partial charge in [-0.2, -0.15) is 5.10 Å². The fourth-order valence-electron chi connectivity index (χ4n) is 1.60. The van der Waals surface area contributed by atoms with Gasteiger partial charge in [-0.3, -0.25) is 4.68 Å². The van der Waals surface area contributed by atoms with Gasteiger partial charge < -0.3 is 9.52 Å². The van der Waals surface area contributed by atoms with Crippen LogP contribution in [0.4, 0.5) is 0 Å². The van der Waals surface area contributed by atoms with Crippen molar-refractivity contribution < 1.29 is 22.7 Å². The van der Waals surface area contributed by atoms with Crippen molar-refractivity contribution in [1.82, 2.24) is 14.5 Å². The lowest BCUT2D eigenvalue weighted by atomic mass is 10.4. The number of aromatic nitrogens is 2. The van der Waals surface area contributed by atoms with Crippen LogP contribution in [0, 0.1) is 6.92 Å². The molecule has 0 fully saturated rings. The normalized spacial score (nSPS) is 11.7. The zero-order chi connectivity index (χ0) is 15.6. The lowest BCUT2D eigenvalue weighted by Gasteiger charge is -2.05. The average Bonchev–Trinajstić information content (AvgIpc) is 2.96. The molecular weight excluding hydrogens is 366 g/mol. The fraction of sp³-hybridized carbons (Fsp3) is 0.273. The van der Waals surface area contributed by atoms with Crippen LogP contribution in [0.3, 0.4) is 0 Å². The number of hydrogen-bond donors (Lipinski definition) is 2. The van der Waals surface area contributed by atoms with Crippen LogP contribution in [0.25, 0.3) is 0 Å². The summed E-state index contributed by atoms with van der Waals surface area (Å²) < 4.78 is 32.7. The summed E-state index contributed by atoms with van der Waals surface area (Å²) in [6.45, 7) is 2.35. The first-order valence-corrected chi connectivity index (χ1v) is 8.08. The Morgan fingerprint density at radius 3 is 2.81 bits per heavy atom. The Hall–Kier alpha value is -1.65. The number of hydrogen-bond acceptors (Lipinski definition) is 5. The maximum atomic E-state index is 12.1. The van der Waals surface area contributed by atoms with Crippen molar-refractivity contribution in [1.29, 1.82) is 0 Å². The second kappa shape index (κ2) is 6.00. The molecular formula is C11H12BrN3O5S. The van der Waals surface area contributed by atoms with Crippen molar-refractivity contribution in [2.45, 2.75) is 18.4 Å². The van der Waals surface area contributed by atoms with E-state index in [-0.39, 0.29) is 16.1 Å². The van der Waals surface area contributed by atoms with E-state index in [1.165, 1.54) is 0 Å². The van der Waals surface area contributed by atoms with Crippen LogP contribution in [-0.4, -0.2) is 35.8 Å². The third-order valence-corrected chi connectivity index (χ3v) is 4.87. The summed E-state index contributed by atoms with van der Waals surface area (Å²) in [5.74, 6) is -1.80. The molecule has 0 aliphatic rings. The second-order valence-electron chi connectivity index (χ2n) is 4.23. The summed E-state index contributed by atoms with van der Waals surface area (Å²) in [5, 5.41) is 12.8. The maximum Gasteiger partial charge on any atom is 0.371 e. The van der Waals surface area contributed by atoms with Crippen LogP contribution in [0.1, 0.15) is 16.1 Å². The highest BCUT2D eigenvalue weighted by Crippen LogP contribution is 2.25. The number of nitrogens with zero attached hydrogens (tertiary/aromatic N) is 2. The summed E-state index contributed by atoms with van der Waals surface area (Å²) in [7, 11) is -3.86. The molecule has 0 amide bonds. The monoisotopic (exact) mass is 377 g/mol. The zero-order valence-electron chi connectivity index (χ0n) is 10.9. The average molecular weight is 378 g/mol. The topological polar surface area (TPSA) is 114 Å². The first-order valence-electron chi connectivity index (χ1n) is 5.81. The smallest absolute Gasteiger partial charge is 0.371 e. The van der Waals surface area contributed by atoms with Crippen LogP contribution in [0.5, 0.6) is 0 Å². The predicted molar refractivity (Wildman–Crippen MR) is 75.5 cm³/mol. The molecule has 0 saturated carbocycles. The van der Waals surface area contributed by atoms with Crippen molar-refractivity contribution in [3.8, 4) is 0 Å². The number of aryl methyl sites for hydroxylation is 1. The SMILES string of the molecule is Cc1cnn(CCNS(=O)(=O)c2cc(C(=O)O)oc2Br)c1. The Morgan fingerprint density at radius 1 is 1.57 bits per heavy atom. The molecule has 21 heavy (non-hydrogen) atoms. The van der Waals surface area contributed by atoms with Gasteiger partial charge >= 0.3 is 5.97 Å². The lowest BCUT2D eigenvalue weighted by Crippen LogP contribution is -2.27. The third-order valence-electron chi connectivity index (χ3n) is 2.55. The lowest BCUT2D eigenvalue weighted by molar-refractivity contribution is 0.0661. The third kappa shape index (κ3) is 3.71. The van der Waals surface area contributed by atoms with Crippen molar-refractivity contribution in [3.05, 3.63) is 34.5 Å². The number of rotatable bonds is 6. The van der Waals surface area contributed by atoms with Gasteiger partial charge in [0, 0.05) is 18.8 Å². The number of aromatic carboxylic acids is 1. The van der Waals surface area contributed by atoms with Gasteiger partial charge in [0.2, 0.25) is 15.8 Å². The van der Waals surface area contributed by atoms with Crippen LogP contribution in [0.2, 0.25) is 0 Å². The first kappa shape index (κ1) is 15.7. The number of nitrogens with one attached hydrogen (secondary N) is 1. The maximum absolute atomic E-state index is 12.1. The van der Waals surface area contributed by atoms with Gasteiger partial charge in [0.1, 0.15) is 4.90 Å². The minimum Gasteiger partial charge on any atom is -0.475 e. The van der Waals surface area contributed by atoms with E-state index in [0.29, 0.717) is 6.54 Å². The van der Waals surface area contributed by atoms with Gasteiger partial charge in [0.25, 0.3) is 0 Å². The van der Waals surface area contributed by atoms with Crippen LogP contribution in [-0.2, 0) is 16.6 Å². The summed E-state index contributed by atoms with van der Waals surface area (Å²) in [6, 6.07) is 0.951. The Bertz CT molecular complexity index is 765. The van der Waals surface area contributed by atoms with E-state index in [1.54, 1.807) is 17.1 Å². The number of halogens is 1. The summed E-state index contributed by atoms with van der Waals surface area (Å²) in [5.41, 5.74) is 0.974. The van der Waals surface area contributed by atoms with Crippen LogP contribution < -0.4 is 4.72 Å². The molecule has 0 unspecified atom stereocenters.